The molecule has 3 rings (SSSR count). The Morgan fingerprint density at radius 2 is 1.88 bits per heavy atom. The molecular formula is C19H19BN2O4. The van der Waals surface area contributed by atoms with Crippen LogP contribution in [0.4, 0.5) is 16.2 Å². The van der Waals surface area contributed by atoms with Gasteiger partial charge in [0.25, 0.3) is 0 Å². The lowest BCUT2D eigenvalue weighted by molar-refractivity contribution is 0.0599. The first kappa shape index (κ1) is 18.0. The van der Waals surface area contributed by atoms with E-state index in [2.05, 4.69) is 6.07 Å². The molecule has 132 valence electrons. The summed E-state index contributed by atoms with van der Waals surface area (Å²) < 4.78 is 10.8. The van der Waals surface area contributed by atoms with Crippen molar-refractivity contribution in [1.82, 2.24) is 0 Å². The van der Waals surface area contributed by atoms with Gasteiger partial charge in [-0.3, -0.25) is 0 Å². The van der Waals surface area contributed by atoms with Crippen LogP contribution in [0, 0.1) is 11.3 Å². The van der Waals surface area contributed by atoms with Crippen molar-refractivity contribution in [2.24, 2.45) is 0 Å². The molecule has 7 heteroatoms. The van der Waals surface area contributed by atoms with Crippen LogP contribution in [-0.4, -0.2) is 23.8 Å². The third-order valence-corrected chi connectivity index (χ3v) is 3.88. The van der Waals surface area contributed by atoms with Crippen LogP contribution in [-0.2, 0) is 16.0 Å². The number of fused-ring (bicyclic) bond motifs is 1. The Bertz CT molecular complexity index is 869. The van der Waals surface area contributed by atoms with Crippen molar-refractivity contribution in [2.75, 3.05) is 4.90 Å². The monoisotopic (exact) mass is 350 g/mol. The standard InChI is InChI=1S/C19H19BN2O4/c1-19(2,3)26-18(23)22(15-6-4-13(11-21)5-7-15)16-8-9-17-14(10-16)12-25-20(17)24/h4-10,24H,12H2,1-3H3. The summed E-state index contributed by atoms with van der Waals surface area (Å²) in [5, 5.41) is 18.8. The van der Waals surface area contributed by atoms with E-state index in [1.807, 2.05) is 0 Å². The first-order valence-corrected chi connectivity index (χ1v) is 8.24. The second-order valence-electron chi connectivity index (χ2n) is 7.02. The number of anilines is 2. The number of carbonyl (C=O) groups is 1. The Morgan fingerprint density at radius 3 is 2.50 bits per heavy atom. The number of benzene rings is 2. The smallest absolute Gasteiger partial charge is 0.443 e. The van der Waals surface area contributed by atoms with Gasteiger partial charge in [0.15, 0.2) is 0 Å². The number of amides is 1. The van der Waals surface area contributed by atoms with Crippen LogP contribution in [0.2, 0.25) is 0 Å². The van der Waals surface area contributed by atoms with Crippen LogP contribution in [0.5, 0.6) is 0 Å². The van der Waals surface area contributed by atoms with E-state index in [-0.39, 0.29) is 6.61 Å². The summed E-state index contributed by atoms with van der Waals surface area (Å²) >= 11 is 0. The second-order valence-corrected chi connectivity index (χ2v) is 7.02. The lowest BCUT2D eigenvalue weighted by Gasteiger charge is -2.28. The zero-order chi connectivity index (χ0) is 18.9. The Labute approximate surface area is 152 Å². The molecule has 26 heavy (non-hydrogen) atoms. The van der Waals surface area contributed by atoms with E-state index in [0.29, 0.717) is 22.4 Å². The highest BCUT2D eigenvalue weighted by Crippen LogP contribution is 2.29. The maximum absolute atomic E-state index is 12.8. The summed E-state index contributed by atoms with van der Waals surface area (Å²) in [4.78, 5) is 14.3. The zero-order valence-corrected chi connectivity index (χ0v) is 14.9. The van der Waals surface area contributed by atoms with Gasteiger partial charge in [0.05, 0.1) is 29.6 Å². The first-order valence-electron chi connectivity index (χ1n) is 8.24. The molecule has 1 aliphatic heterocycles. The molecule has 0 aliphatic carbocycles. The first-order chi connectivity index (χ1) is 12.3. The third kappa shape index (κ3) is 3.72. The van der Waals surface area contributed by atoms with Crippen molar-refractivity contribution in [2.45, 2.75) is 33.0 Å². The fraction of sp³-hybridized carbons (Fsp3) is 0.263. The van der Waals surface area contributed by atoms with Gasteiger partial charge in [0, 0.05) is 0 Å². The predicted molar refractivity (Wildman–Crippen MR) is 98.4 cm³/mol. The van der Waals surface area contributed by atoms with Gasteiger partial charge in [-0.15, -0.1) is 0 Å². The van der Waals surface area contributed by atoms with E-state index in [1.54, 1.807) is 63.2 Å². The number of nitrogens with zero attached hydrogens (tertiary/aromatic N) is 2. The van der Waals surface area contributed by atoms with Crippen molar-refractivity contribution in [3.8, 4) is 6.07 Å². The molecule has 0 atom stereocenters. The van der Waals surface area contributed by atoms with Crippen LogP contribution in [0.15, 0.2) is 42.5 Å². The SMILES string of the molecule is CC(C)(C)OC(=O)N(c1ccc(C#N)cc1)c1ccc2c(c1)COB2O. The molecule has 2 aromatic carbocycles. The van der Waals surface area contributed by atoms with Crippen molar-refractivity contribution in [3.63, 3.8) is 0 Å². The molecule has 0 saturated carbocycles. The molecule has 1 amide bonds. The number of hydrogen-bond donors (Lipinski definition) is 1. The molecule has 0 radical (unpaired) electrons. The minimum Gasteiger partial charge on any atom is -0.443 e. The largest absolute Gasteiger partial charge is 0.491 e. The average Bonchev–Trinajstić information content (AvgIpc) is 2.95. The molecule has 0 spiro atoms. The second kappa shape index (κ2) is 6.83. The maximum atomic E-state index is 12.8. The van der Waals surface area contributed by atoms with Gasteiger partial charge in [-0.2, -0.15) is 5.26 Å². The Kier molecular flexibility index (Phi) is 4.72. The van der Waals surface area contributed by atoms with Crippen molar-refractivity contribution < 1.29 is 19.2 Å². The zero-order valence-electron chi connectivity index (χ0n) is 14.9. The normalized spacial score (nSPS) is 13.1. The third-order valence-electron chi connectivity index (χ3n) is 3.88. The summed E-state index contributed by atoms with van der Waals surface area (Å²) in [6, 6.07) is 14.0. The molecule has 0 fully saturated rings. The maximum Gasteiger partial charge on any atom is 0.491 e. The summed E-state index contributed by atoms with van der Waals surface area (Å²) in [6.07, 6.45) is -0.526. The highest BCUT2D eigenvalue weighted by Gasteiger charge is 2.30. The molecular weight excluding hydrogens is 331 g/mol. The molecule has 2 aromatic rings. The Balaban J connectivity index is 2.03. The van der Waals surface area contributed by atoms with Gasteiger partial charge in [0.2, 0.25) is 0 Å². The molecule has 1 N–H and O–H groups in total. The van der Waals surface area contributed by atoms with E-state index >= 15 is 0 Å². The van der Waals surface area contributed by atoms with Crippen LogP contribution >= 0.6 is 0 Å². The number of rotatable bonds is 2. The van der Waals surface area contributed by atoms with Gasteiger partial charge >= 0.3 is 13.2 Å². The van der Waals surface area contributed by atoms with Gasteiger partial charge in [0.1, 0.15) is 5.60 Å². The van der Waals surface area contributed by atoms with Gasteiger partial charge in [-0.05, 0) is 68.2 Å². The molecule has 0 saturated heterocycles. The van der Waals surface area contributed by atoms with Gasteiger partial charge < -0.3 is 14.4 Å². The predicted octanol–water partition coefficient (Wildman–Crippen LogP) is 2.85. The lowest BCUT2D eigenvalue weighted by Crippen LogP contribution is -2.34. The average molecular weight is 350 g/mol. The van der Waals surface area contributed by atoms with Crippen LogP contribution in [0.25, 0.3) is 0 Å². The summed E-state index contributed by atoms with van der Waals surface area (Å²) in [7, 11) is -0.941. The fourth-order valence-electron chi connectivity index (χ4n) is 2.71. The molecule has 6 nitrogen and oxygen atoms in total. The highest BCUT2D eigenvalue weighted by molar-refractivity contribution is 6.61. The minimum atomic E-state index is -0.941. The highest BCUT2D eigenvalue weighted by atomic mass is 16.6. The number of carbonyl (C=O) groups excluding carboxylic acids is 1. The van der Waals surface area contributed by atoms with E-state index in [4.69, 9.17) is 14.7 Å². The topological polar surface area (TPSA) is 82.8 Å². The summed E-state index contributed by atoms with van der Waals surface area (Å²) in [5.74, 6) is 0. The van der Waals surface area contributed by atoms with Gasteiger partial charge in [-0.25, -0.2) is 9.69 Å². The van der Waals surface area contributed by atoms with Crippen LogP contribution in [0.1, 0.15) is 31.9 Å². The van der Waals surface area contributed by atoms with Gasteiger partial charge in [-0.1, -0.05) is 6.07 Å². The van der Waals surface area contributed by atoms with E-state index in [9.17, 15) is 9.82 Å². The van der Waals surface area contributed by atoms with E-state index < -0.39 is 18.8 Å². The van der Waals surface area contributed by atoms with E-state index in [0.717, 1.165) is 5.56 Å². The number of hydrogen-bond acceptors (Lipinski definition) is 5. The Morgan fingerprint density at radius 1 is 1.23 bits per heavy atom. The van der Waals surface area contributed by atoms with E-state index in [1.165, 1.54) is 4.90 Å². The summed E-state index contributed by atoms with van der Waals surface area (Å²) in [6.45, 7) is 5.68. The minimum absolute atomic E-state index is 0.278. The quantitative estimate of drug-likeness (QED) is 0.842. The lowest BCUT2D eigenvalue weighted by atomic mass is 9.79. The molecule has 0 aromatic heterocycles. The van der Waals surface area contributed by atoms with Crippen molar-refractivity contribution >= 4 is 30.0 Å². The fourth-order valence-corrected chi connectivity index (χ4v) is 2.71. The van der Waals surface area contributed by atoms with Crippen LogP contribution in [0.3, 0.4) is 0 Å². The van der Waals surface area contributed by atoms with Crippen LogP contribution < -0.4 is 10.4 Å². The van der Waals surface area contributed by atoms with Crippen molar-refractivity contribution in [1.29, 1.82) is 5.26 Å². The number of nitriles is 1. The molecule has 0 unspecified atom stereocenters. The molecule has 1 aliphatic rings. The molecule has 1 heterocycles. The number of ether oxygens (including phenoxy) is 1. The Hall–Kier alpha value is -2.82. The molecule has 0 bridgehead atoms. The summed E-state index contributed by atoms with van der Waals surface area (Å²) in [5.41, 5.74) is 2.54. The van der Waals surface area contributed by atoms with Crippen molar-refractivity contribution in [3.05, 3.63) is 53.6 Å².